The van der Waals surface area contributed by atoms with Crippen molar-refractivity contribution in [1.29, 1.82) is 0 Å². The number of carbonyl (C=O) groups excluding carboxylic acids is 2. The highest BCUT2D eigenvalue weighted by Crippen LogP contribution is 2.69. The second kappa shape index (κ2) is 3.71. The molecule has 0 aromatic carbocycles. The largest absolute Gasteiger partial charge is 0.463 e. The Kier molecular flexibility index (Phi) is 2.20. The highest BCUT2D eigenvalue weighted by atomic mass is 16.5. The average Bonchev–Trinajstić information content (AvgIpc) is 2.83. The predicted molar refractivity (Wildman–Crippen MR) is 65.7 cm³/mol. The zero-order valence-electron chi connectivity index (χ0n) is 10.8. The van der Waals surface area contributed by atoms with Crippen LogP contribution in [-0.2, 0) is 4.74 Å². The van der Waals surface area contributed by atoms with Crippen LogP contribution in [0.15, 0.2) is 16.5 Å². The zero-order valence-corrected chi connectivity index (χ0v) is 10.8. The van der Waals surface area contributed by atoms with Gasteiger partial charge in [0, 0.05) is 5.92 Å². The molecule has 1 aromatic heterocycles. The number of fused-ring (bicyclic) bond motifs is 5. The minimum Gasteiger partial charge on any atom is -0.463 e. The highest BCUT2D eigenvalue weighted by Gasteiger charge is 2.67. The standard InChI is InChI=1S/C15H16O4/c1-18-15(17)10-5-4-9(19-10)14(16)13-11-7-2-3-8(6-7)12(11)13/h4-5,7-8,11-13H,2-3,6H2,1H3. The lowest BCUT2D eigenvalue weighted by molar-refractivity contribution is 0.0562. The molecule has 19 heavy (non-hydrogen) atoms. The third-order valence-corrected chi connectivity index (χ3v) is 5.27. The van der Waals surface area contributed by atoms with Crippen molar-refractivity contribution in [3.05, 3.63) is 23.7 Å². The molecule has 3 aliphatic rings. The van der Waals surface area contributed by atoms with Gasteiger partial charge in [0.2, 0.25) is 11.5 Å². The molecule has 3 aliphatic carbocycles. The molecular formula is C15H16O4. The van der Waals surface area contributed by atoms with Gasteiger partial charge in [-0.25, -0.2) is 4.79 Å². The van der Waals surface area contributed by atoms with Crippen LogP contribution >= 0.6 is 0 Å². The van der Waals surface area contributed by atoms with Crippen molar-refractivity contribution in [3.8, 4) is 0 Å². The summed E-state index contributed by atoms with van der Waals surface area (Å²) in [5, 5.41) is 0. The lowest BCUT2D eigenvalue weighted by Crippen LogP contribution is -2.09. The SMILES string of the molecule is COC(=O)c1ccc(C(=O)C2C3C4CCC(C4)C23)o1. The molecule has 0 N–H and O–H groups in total. The molecule has 0 aliphatic heterocycles. The van der Waals surface area contributed by atoms with Crippen molar-refractivity contribution in [3.63, 3.8) is 0 Å². The minimum atomic E-state index is -0.532. The summed E-state index contributed by atoms with van der Waals surface area (Å²) in [5.74, 6) is 2.85. The molecule has 1 heterocycles. The Hall–Kier alpha value is -1.58. The maximum atomic E-state index is 12.4. The number of methoxy groups -OCH3 is 1. The van der Waals surface area contributed by atoms with Gasteiger partial charge in [-0.1, -0.05) is 0 Å². The maximum absolute atomic E-state index is 12.4. The Bertz CT molecular complexity index is 542. The van der Waals surface area contributed by atoms with E-state index in [0.29, 0.717) is 17.6 Å². The van der Waals surface area contributed by atoms with E-state index in [9.17, 15) is 9.59 Å². The summed E-state index contributed by atoms with van der Waals surface area (Å²) in [4.78, 5) is 23.7. The van der Waals surface area contributed by atoms with Gasteiger partial charge in [0.25, 0.3) is 0 Å². The van der Waals surface area contributed by atoms with Gasteiger partial charge in [-0.3, -0.25) is 4.79 Å². The van der Waals surface area contributed by atoms with Gasteiger partial charge in [0.1, 0.15) is 0 Å². The lowest BCUT2D eigenvalue weighted by atomic mass is 9.99. The zero-order chi connectivity index (χ0) is 13.1. The number of furan rings is 1. The third kappa shape index (κ3) is 1.46. The van der Waals surface area contributed by atoms with Gasteiger partial charge in [0.05, 0.1) is 7.11 Å². The summed E-state index contributed by atoms with van der Waals surface area (Å²) in [6.07, 6.45) is 3.91. The predicted octanol–water partition coefficient (Wildman–Crippen LogP) is 2.54. The molecule has 4 heteroatoms. The lowest BCUT2D eigenvalue weighted by Gasteiger charge is -2.05. The van der Waals surface area contributed by atoms with Crippen molar-refractivity contribution in [2.75, 3.05) is 7.11 Å². The summed E-state index contributed by atoms with van der Waals surface area (Å²) in [7, 11) is 1.30. The number of hydrogen-bond donors (Lipinski definition) is 0. The molecule has 0 amide bonds. The van der Waals surface area contributed by atoms with E-state index in [4.69, 9.17) is 4.42 Å². The first-order chi connectivity index (χ1) is 9.20. The van der Waals surface area contributed by atoms with E-state index in [0.717, 1.165) is 11.8 Å². The highest BCUT2D eigenvalue weighted by molar-refractivity contribution is 5.99. The first-order valence-electron chi connectivity index (χ1n) is 6.93. The number of carbonyl (C=O) groups is 2. The summed E-state index contributed by atoms with van der Waals surface area (Å²) in [6, 6.07) is 3.12. The smallest absolute Gasteiger partial charge is 0.373 e. The normalized spacial score (nSPS) is 38.1. The van der Waals surface area contributed by atoms with Crippen molar-refractivity contribution < 1.29 is 18.7 Å². The molecule has 100 valence electrons. The third-order valence-electron chi connectivity index (χ3n) is 5.27. The van der Waals surface area contributed by atoms with Crippen LogP contribution in [-0.4, -0.2) is 18.9 Å². The fourth-order valence-corrected chi connectivity index (χ4v) is 4.52. The Morgan fingerprint density at radius 1 is 1.16 bits per heavy atom. The fraction of sp³-hybridized carbons (Fsp3) is 0.600. The molecule has 3 fully saturated rings. The molecule has 0 saturated heterocycles. The van der Waals surface area contributed by atoms with Crippen LogP contribution in [0.4, 0.5) is 0 Å². The molecular weight excluding hydrogens is 244 g/mol. The van der Waals surface area contributed by atoms with Gasteiger partial charge in [-0.2, -0.15) is 0 Å². The van der Waals surface area contributed by atoms with Gasteiger partial charge < -0.3 is 9.15 Å². The first kappa shape index (κ1) is 11.3. The Morgan fingerprint density at radius 2 is 1.79 bits per heavy atom. The van der Waals surface area contributed by atoms with Crippen LogP contribution in [0.2, 0.25) is 0 Å². The number of hydrogen-bond acceptors (Lipinski definition) is 4. The van der Waals surface area contributed by atoms with E-state index in [2.05, 4.69) is 4.74 Å². The second-order valence-corrected chi connectivity index (χ2v) is 6.03. The summed E-state index contributed by atoms with van der Waals surface area (Å²) in [6.45, 7) is 0. The van der Waals surface area contributed by atoms with Crippen LogP contribution in [0.5, 0.6) is 0 Å². The molecule has 4 rings (SSSR count). The first-order valence-corrected chi connectivity index (χ1v) is 6.93. The van der Waals surface area contributed by atoms with Crippen LogP contribution in [0.25, 0.3) is 0 Å². The molecule has 4 nitrogen and oxygen atoms in total. The van der Waals surface area contributed by atoms with E-state index in [1.165, 1.54) is 32.4 Å². The molecule has 4 unspecified atom stereocenters. The van der Waals surface area contributed by atoms with Gasteiger partial charge in [-0.05, 0) is 55.1 Å². The van der Waals surface area contributed by atoms with E-state index in [1.54, 1.807) is 6.07 Å². The number of esters is 1. The van der Waals surface area contributed by atoms with Crippen LogP contribution < -0.4 is 0 Å². The number of ether oxygens (including phenoxy) is 1. The van der Waals surface area contributed by atoms with Crippen molar-refractivity contribution >= 4 is 11.8 Å². The number of ketones is 1. The summed E-state index contributed by atoms with van der Waals surface area (Å²) < 4.78 is 9.91. The monoisotopic (exact) mass is 260 g/mol. The average molecular weight is 260 g/mol. The quantitative estimate of drug-likeness (QED) is 0.619. The number of Topliss-reactive ketones (excluding diaryl/α,β-unsaturated/α-hetero) is 1. The van der Waals surface area contributed by atoms with E-state index in [-0.39, 0.29) is 17.5 Å². The number of rotatable bonds is 3. The molecule has 3 saturated carbocycles. The van der Waals surface area contributed by atoms with Crippen molar-refractivity contribution in [2.45, 2.75) is 19.3 Å². The van der Waals surface area contributed by atoms with Gasteiger partial charge >= 0.3 is 5.97 Å². The van der Waals surface area contributed by atoms with E-state index >= 15 is 0 Å². The molecule has 1 aromatic rings. The van der Waals surface area contributed by atoms with Crippen molar-refractivity contribution in [2.24, 2.45) is 29.6 Å². The maximum Gasteiger partial charge on any atom is 0.373 e. The Morgan fingerprint density at radius 3 is 2.42 bits per heavy atom. The molecule has 0 radical (unpaired) electrons. The van der Waals surface area contributed by atoms with Gasteiger partial charge in [-0.15, -0.1) is 0 Å². The summed E-state index contributed by atoms with van der Waals surface area (Å²) in [5.41, 5.74) is 0. The van der Waals surface area contributed by atoms with E-state index in [1.807, 2.05) is 0 Å². The minimum absolute atomic E-state index is 0.0850. The Balaban J connectivity index is 1.53. The van der Waals surface area contributed by atoms with Crippen LogP contribution in [0, 0.1) is 29.6 Å². The molecule has 2 bridgehead atoms. The molecule has 0 spiro atoms. The fourth-order valence-electron chi connectivity index (χ4n) is 4.52. The second-order valence-electron chi connectivity index (χ2n) is 6.03. The molecule has 4 atom stereocenters. The summed E-state index contributed by atoms with van der Waals surface area (Å²) >= 11 is 0. The Labute approximate surface area is 111 Å². The topological polar surface area (TPSA) is 56.5 Å². The van der Waals surface area contributed by atoms with Crippen molar-refractivity contribution in [1.82, 2.24) is 0 Å². The van der Waals surface area contributed by atoms with Crippen LogP contribution in [0.1, 0.15) is 40.4 Å². The van der Waals surface area contributed by atoms with Gasteiger partial charge in [0.15, 0.2) is 5.76 Å². The van der Waals surface area contributed by atoms with E-state index < -0.39 is 5.97 Å². The van der Waals surface area contributed by atoms with Crippen LogP contribution in [0.3, 0.4) is 0 Å².